The molecule has 26 heavy (non-hydrogen) atoms. The molecule has 0 saturated heterocycles. The molecular formula is C20H16ClFN2O2. The fraction of sp³-hybridized carbons (Fsp3) is 0.200. The normalized spacial score (nSPS) is 13.8. The average molecular weight is 371 g/mol. The molecule has 3 aromatic rings. The first-order valence-electron chi connectivity index (χ1n) is 8.40. The van der Waals surface area contributed by atoms with E-state index >= 15 is 0 Å². The Morgan fingerprint density at radius 2 is 2.00 bits per heavy atom. The number of nitrogens with one attached hydrogen (secondary N) is 1. The van der Waals surface area contributed by atoms with Gasteiger partial charge in [0.15, 0.2) is 0 Å². The number of halogens is 2. The second-order valence-electron chi connectivity index (χ2n) is 6.46. The van der Waals surface area contributed by atoms with Gasteiger partial charge in [-0.2, -0.15) is 0 Å². The van der Waals surface area contributed by atoms with Gasteiger partial charge in [0.2, 0.25) is 0 Å². The maximum absolute atomic E-state index is 13.5. The van der Waals surface area contributed by atoms with Gasteiger partial charge in [0.1, 0.15) is 5.82 Å². The minimum absolute atomic E-state index is 0.0427. The number of rotatable bonds is 4. The second-order valence-corrected chi connectivity index (χ2v) is 6.86. The molecule has 1 fully saturated rings. The largest absolute Gasteiger partial charge is 0.348 e. The number of hydrogen-bond acceptors (Lipinski definition) is 2. The standard InChI is InChI=1S/C20H16ClFN2O2/c21-17-7-4-12(10-18(17)22)11-23-19(25)15-2-1-3-16-14(15)8-9-24(20(16)26)13-5-6-13/h1-4,7-10,13H,5-6,11H2,(H,23,25). The van der Waals surface area contributed by atoms with E-state index < -0.39 is 5.82 Å². The summed E-state index contributed by atoms with van der Waals surface area (Å²) in [6, 6.07) is 11.6. The van der Waals surface area contributed by atoms with Crippen LogP contribution in [0, 0.1) is 5.82 Å². The van der Waals surface area contributed by atoms with Crippen molar-refractivity contribution in [1.29, 1.82) is 0 Å². The van der Waals surface area contributed by atoms with Gasteiger partial charge in [0.25, 0.3) is 11.5 Å². The molecule has 1 N–H and O–H groups in total. The zero-order chi connectivity index (χ0) is 18.3. The molecule has 2 aromatic carbocycles. The van der Waals surface area contributed by atoms with Crippen LogP contribution in [0.15, 0.2) is 53.5 Å². The van der Waals surface area contributed by atoms with Crippen LogP contribution in [0.1, 0.15) is 34.8 Å². The van der Waals surface area contributed by atoms with Gasteiger partial charge >= 0.3 is 0 Å². The molecule has 4 nitrogen and oxygen atoms in total. The molecule has 0 aliphatic heterocycles. The fourth-order valence-corrected chi connectivity index (χ4v) is 3.18. The molecule has 0 bridgehead atoms. The van der Waals surface area contributed by atoms with E-state index in [2.05, 4.69) is 5.32 Å². The maximum atomic E-state index is 13.5. The van der Waals surface area contributed by atoms with E-state index in [1.54, 1.807) is 35.0 Å². The highest BCUT2D eigenvalue weighted by atomic mass is 35.5. The van der Waals surface area contributed by atoms with Crippen molar-refractivity contribution in [3.63, 3.8) is 0 Å². The molecular weight excluding hydrogens is 355 g/mol. The average Bonchev–Trinajstić information content (AvgIpc) is 3.47. The van der Waals surface area contributed by atoms with Crippen molar-refractivity contribution < 1.29 is 9.18 Å². The van der Waals surface area contributed by atoms with Gasteiger partial charge in [-0.05, 0) is 48.7 Å². The predicted molar refractivity (Wildman–Crippen MR) is 99.1 cm³/mol. The van der Waals surface area contributed by atoms with Crippen LogP contribution in [0.4, 0.5) is 4.39 Å². The van der Waals surface area contributed by atoms with Crippen molar-refractivity contribution in [3.8, 4) is 0 Å². The molecule has 1 aliphatic rings. The Balaban J connectivity index is 1.61. The van der Waals surface area contributed by atoms with Gasteiger partial charge in [-0.1, -0.05) is 23.7 Å². The molecule has 0 unspecified atom stereocenters. The Hall–Kier alpha value is -2.66. The first-order valence-corrected chi connectivity index (χ1v) is 8.78. The van der Waals surface area contributed by atoms with E-state index in [0.29, 0.717) is 21.9 Å². The summed E-state index contributed by atoms with van der Waals surface area (Å²) < 4.78 is 15.2. The minimum Gasteiger partial charge on any atom is -0.348 e. The summed E-state index contributed by atoms with van der Waals surface area (Å²) in [7, 11) is 0. The van der Waals surface area contributed by atoms with Gasteiger partial charge in [0, 0.05) is 35.1 Å². The molecule has 6 heteroatoms. The molecule has 4 rings (SSSR count). The zero-order valence-corrected chi connectivity index (χ0v) is 14.6. The summed E-state index contributed by atoms with van der Waals surface area (Å²) in [4.78, 5) is 25.2. The number of nitrogens with zero attached hydrogens (tertiary/aromatic N) is 1. The van der Waals surface area contributed by atoms with Crippen molar-refractivity contribution >= 4 is 28.3 Å². The molecule has 1 heterocycles. The van der Waals surface area contributed by atoms with Gasteiger partial charge in [-0.3, -0.25) is 9.59 Å². The van der Waals surface area contributed by atoms with E-state index in [4.69, 9.17) is 11.6 Å². The number of pyridine rings is 1. The van der Waals surface area contributed by atoms with Crippen LogP contribution in [-0.2, 0) is 6.54 Å². The smallest absolute Gasteiger partial charge is 0.258 e. The number of aromatic nitrogens is 1. The van der Waals surface area contributed by atoms with Crippen molar-refractivity contribution in [2.45, 2.75) is 25.4 Å². The lowest BCUT2D eigenvalue weighted by atomic mass is 10.1. The summed E-state index contributed by atoms with van der Waals surface area (Å²) in [5, 5.41) is 3.96. The SMILES string of the molecule is O=C(NCc1ccc(Cl)c(F)c1)c1cccc2c(=O)n(C3CC3)ccc12. The van der Waals surface area contributed by atoms with E-state index in [-0.39, 0.29) is 29.1 Å². The Labute approximate surface area is 154 Å². The van der Waals surface area contributed by atoms with Crippen molar-refractivity contribution in [3.05, 3.63) is 81.0 Å². The Morgan fingerprint density at radius 3 is 2.73 bits per heavy atom. The monoisotopic (exact) mass is 370 g/mol. The highest BCUT2D eigenvalue weighted by molar-refractivity contribution is 6.30. The van der Waals surface area contributed by atoms with Crippen molar-refractivity contribution in [1.82, 2.24) is 9.88 Å². The molecule has 1 aliphatic carbocycles. The van der Waals surface area contributed by atoms with Crippen LogP contribution < -0.4 is 10.9 Å². The molecule has 1 amide bonds. The predicted octanol–water partition coefficient (Wildman–Crippen LogP) is 4.06. The fourth-order valence-electron chi connectivity index (χ4n) is 3.06. The summed E-state index contributed by atoms with van der Waals surface area (Å²) >= 11 is 5.66. The number of amides is 1. The minimum atomic E-state index is -0.524. The third kappa shape index (κ3) is 3.10. The second kappa shape index (κ2) is 6.57. The third-order valence-electron chi connectivity index (χ3n) is 4.59. The summed E-state index contributed by atoms with van der Waals surface area (Å²) in [6.45, 7) is 0.169. The lowest BCUT2D eigenvalue weighted by Crippen LogP contribution is -2.24. The number of carbonyl (C=O) groups excluding carboxylic acids is 1. The molecule has 0 spiro atoms. The number of hydrogen-bond donors (Lipinski definition) is 1. The van der Waals surface area contributed by atoms with E-state index in [1.165, 1.54) is 12.1 Å². The van der Waals surface area contributed by atoms with Gasteiger partial charge in [0.05, 0.1) is 5.02 Å². The molecule has 0 atom stereocenters. The Morgan fingerprint density at radius 1 is 1.19 bits per heavy atom. The van der Waals surface area contributed by atoms with Gasteiger partial charge < -0.3 is 9.88 Å². The van der Waals surface area contributed by atoms with E-state index in [9.17, 15) is 14.0 Å². The summed E-state index contributed by atoms with van der Waals surface area (Å²) in [5.74, 6) is -0.835. The van der Waals surface area contributed by atoms with Crippen LogP contribution >= 0.6 is 11.6 Å². The maximum Gasteiger partial charge on any atom is 0.258 e. The van der Waals surface area contributed by atoms with Crippen LogP contribution in [0.25, 0.3) is 10.8 Å². The quantitative estimate of drug-likeness (QED) is 0.753. The van der Waals surface area contributed by atoms with Crippen LogP contribution in [0.5, 0.6) is 0 Å². The van der Waals surface area contributed by atoms with Crippen LogP contribution in [0.3, 0.4) is 0 Å². The Bertz CT molecular complexity index is 1070. The molecule has 1 aromatic heterocycles. The van der Waals surface area contributed by atoms with E-state index in [0.717, 1.165) is 12.8 Å². The topological polar surface area (TPSA) is 51.1 Å². The highest BCUT2D eigenvalue weighted by Gasteiger charge is 2.25. The summed E-state index contributed by atoms with van der Waals surface area (Å²) in [5.41, 5.74) is 0.966. The Kier molecular flexibility index (Phi) is 4.24. The zero-order valence-electron chi connectivity index (χ0n) is 13.8. The van der Waals surface area contributed by atoms with Gasteiger partial charge in [-0.25, -0.2) is 4.39 Å². The van der Waals surface area contributed by atoms with Crippen LogP contribution in [-0.4, -0.2) is 10.5 Å². The van der Waals surface area contributed by atoms with Crippen molar-refractivity contribution in [2.24, 2.45) is 0 Å². The van der Waals surface area contributed by atoms with Crippen LogP contribution in [0.2, 0.25) is 5.02 Å². The molecule has 0 radical (unpaired) electrons. The molecule has 1 saturated carbocycles. The number of fused-ring (bicyclic) bond motifs is 1. The first-order chi connectivity index (χ1) is 12.5. The third-order valence-corrected chi connectivity index (χ3v) is 4.90. The highest BCUT2D eigenvalue weighted by Crippen LogP contribution is 2.33. The number of carbonyl (C=O) groups is 1. The summed E-state index contributed by atoms with van der Waals surface area (Å²) in [6.07, 6.45) is 3.79. The first kappa shape index (κ1) is 16.8. The lowest BCUT2D eigenvalue weighted by Gasteiger charge is -2.10. The van der Waals surface area contributed by atoms with Crippen molar-refractivity contribution in [2.75, 3.05) is 0 Å². The molecule has 132 valence electrons. The van der Waals surface area contributed by atoms with E-state index in [1.807, 2.05) is 6.07 Å². The number of benzene rings is 2. The van der Waals surface area contributed by atoms with Gasteiger partial charge in [-0.15, -0.1) is 0 Å². The lowest BCUT2D eigenvalue weighted by molar-refractivity contribution is 0.0952.